The Morgan fingerprint density at radius 1 is 1.30 bits per heavy atom. The minimum absolute atomic E-state index is 0.00956. The third-order valence-corrected chi connectivity index (χ3v) is 4.94. The molecule has 0 radical (unpaired) electrons. The molecule has 5 heteroatoms. The van der Waals surface area contributed by atoms with Gasteiger partial charge in [0, 0.05) is 21.9 Å². The molecule has 0 aromatic heterocycles. The molecule has 0 aliphatic rings. The van der Waals surface area contributed by atoms with Crippen molar-refractivity contribution in [1.82, 2.24) is 5.32 Å². The molecular formula is C15H22ClNO2S. The number of rotatable bonds is 8. The number of hydrogen-bond donors (Lipinski definition) is 2. The van der Waals surface area contributed by atoms with Crippen molar-refractivity contribution >= 4 is 29.3 Å². The van der Waals surface area contributed by atoms with Gasteiger partial charge in [-0.15, -0.1) is 11.8 Å². The van der Waals surface area contributed by atoms with Gasteiger partial charge in [-0.1, -0.05) is 25.4 Å². The summed E-state index contributed by atoms with van der Waals surface area (Å²) in [6.45, 7) is 4.70. The van der Waals surface area contributed by atoms with E-state index in [9.17, 15) is 9.90 Å². The number of hydrogen-bond acceptors (Lipinski definition) is 3. The fourth-order valence-corrected chi connectivity index (χ4v) is 2.65. The number of benzene rings is 1. The molecule has 1 rings (SSSR count). The lowest BCUT2D eigenvalue weighted by Gasteiger charge is -2.29. The Kier molecular flexibility index (Phi) is 7.41. The molecular weight excluding hydrogens is 294 g/mol. The van der Waals surface area contributed by atoms with E-state index in [1.54, 1.807) is 0 Å². The van der Waals surface area contributed by atoms with Gasteiger partial charge in [-0.05, 0) is 37.1 Å². The summed E-state index contributed by atoms with van der Waals surface area (Å²) in [7, 11) is 0. The van der Waals surface area contributed by atoms with Gasteiger partial charge >= 0.3 is 0 Å². The number of thioether (sulfide) groups is 1. The Morgan fingerprint density at radius 2 is 1.90 bits per heavy atom. The van der Waals surface area contributed by atoms with E-state index in [-0.39, 0.29) is 17.9 Å². The van der Waals surface area contributed by atoms with Gasteiger partial charge in [-0.2, -0.15) is 0 Å². The molecule has 0 fully saturated rings. The second-order valence-corrected chi connectivity index (χ2v) is 6.37. The zero-order chi connectivity index (χ0) is 15.0. The highest BCUT2D eigenvalue weighted by Crippen LogP contribution is 2.24. The van der Waals surface area contributed by atoms with Crippen molar-refractivity contribution in [3.05, 3.63) is 29.3 Å². The summed E-state index contributed by atoms with van der Waals surface area (Å²) in [4.78, 5) is 12.9. The van der Waals surface area contributed by atoms with Crippen molar-refractivity contribution in [3.63, 3.8) is 0 Å². The first-order valence-corrected chi connectivity index (χ1v) is 8.17. The number of halogens is 1. The van der Waals surface area contributed by atoms with E-state index in [2.05, 4.69) is 5.32 Å². The van der Waals surface area contributed by atoms with Gasteiger partial charge < -0.3 is 10.4 Å². The van der Waals surface area contributed by atoms with Gasteiger partial charge in [0.05, 0.1) is 12.4 Å². The molecule has 0 aliphatic carbocycles. The van der Waals surface area contributed by atoms with Crippen LogP contribution in [0.25, 0.3) is 0 Å². The zero-order valence-corrected chi connectivity index (χ0v) is 13.6. The summed E-state index contributed by atoms with van der Waals surface area (Å²) >= 11 is 7.29. The molecule has 0 heterocycles. The van der Waals surface area contributed by atoms with E-state index in [0.717, 1.165) is 17.7 Å². The molecule has 0 spiro atoms. The third-order valence-electron chi connectivity index (χ3n) is 3.68. The molecule has 2 N–H and O–H groups in total. The largest absolute Gasteiger partial charge is 0.396 e. The predicted octanol–water partition coefficient (Wildman–Crippen LogP) is 3.35. The topological polar surface area (TPSA) is 49.3 Å². The highest BCUT2D eigenvalue weighted by atomic mass is 35.5. The number of aliphatic hydroxyl groups is 1. The fourth-order valence-electron chi connectivity index (χ4n) is 1.80. The quantitative estimate of drug-likeness (QED) is 0.723. The first-order chi connectivity index (χ1) is 9.55. The number of carbonyl (C=O) groups excluding carboxylic acids is 1. The van der Waals surface area contributed by atoms with Crippen molar-refractivity contribution in [3.8, 4) is 0 Å². The first-order valence-electron chi connectivity index (χ1n) is 6.81. The van der Waals surface area contributed by atoms with Crippen molar-refractivity contribution in [2.75, 3.05) is 18.9 Å². The van der Waals surface area contributed by atoms with Gasteiger partial charge in [0.25, 0.3) is 0 Å². The Morgan fingerprint density at radius 3 is 2.40 bits per heavy atom. The standard InChI is InChI=1S/C15H22ClNO2S/c1-3-15(4-2,11-18)10-17-14(19)9-20-13-7-5-12(16)6-8-13/h5-8,18H,3-4,9-11H2,1-2H3,(H,17,19). The molecule has 0 saturated carbocycles. The number of amides is 1. The van der Waals surface area contributed by atoms with Crippen LogP contribution in [-0.4, -0.2) is 29.9 Å². The van der Waals surface area contributed by atoms with Gasteiger partial charge in [-0.3, -0.25) is 4.79 Å². The third kappa shape index (κ3) is 5.35. The Labute approximate surface area is 130 Å². The molecule has 1 aromatic carbocycles. The van der Waals surface area contributed by atoms with E-state index < -0.39 is 0 Å². The molecule has 112 valence electrons. The molecule has 1 amide bonds. The van der Waals surface area contributed by atoms with Crippen LogP contribution in [0, 0.1) is 5.41 Å². The molecule has 1 aromatic rings. The van der Waals surface area contributed by atoms with Crippen molar-refractivity contribution in [2.45, 2.75) is 31.6 Å². The van der Waals surface area contributed by atoms with Crippen molar-refractivity contribution < 1.29 is 9.90 Å². The molecule has 0 unspecified atom stereocenters. The Balaban J connectivity index is 2.38. The number of aliphatic hydroxyl groups excluding tert-OH is 1. The molecule has 0 bridgehead atoms. The predicted molar refractivity (Wildman–Crippen MR) is 85.3 cm³/mol. The van der Waals surface area contributed by atoms with Gasteiger partial charge in [-0.25, -0.2) is 0 Å². The van der Waals surface area contributed by atoms with Crippen LogP contribution in [0.4, 0.5) is 0 Å². The highest BCUT2D eigenvalue weighted by molar-refractivity contribution is 8.00. The maximum Gasteiger partial charge on any atom is 0.230 e. The van der Waals surface area contributed by atoms with Crippen LogP contribution in [0.1, 0.15) is 26.7 Å². The van der Waals surface area contributed by atoms with E-state index in [4.69, 9.17) is 11.6 Å². The summed E-state index contributed by atoms with van der Waals surface area (Å²) in [5.41, 5.74) is -0.194. The summed E-state index contributed by atoms with van der Waals surface area (Å²) < 4.78 is 0. The van der Waals surface area contributed by atoms with Gasteiger partial charge in [0.1, 0.15) is 0 Å². The van der Waals surface area contributed by atoms with Crippen LogP contribution in [0.3, 0.4) is 0 Å². The molecule has 0 atom stereocenters. The average Bonchev–Trinajstić information content (AvgIpc) is 2.48. The highest BCUT2D eigenvalue weighted by Gasteiger charge is 2.25. The van der Waals surface area contributed by atoms with Crippen LogP contribution in [-0.2, 0) is 4.79 Å². The lowest BCUT2D eigenvalue weighted by Crippen LogP contribution is -2.40. The van der Waals surface area contributed by atoms with Gasteiger partial charge in [0.2, 0.25) is 5.91 Å². The monoisotopic (exact) mass is 315 g/mol. The van der Waals surface area contributed by atoms with E-state index in [1.165, 1.54) is 11.8 Å². The Hall–Kier alpha value is -0.710. The van der Waals surface area contributed by atoms with Crippen molar-refractivity contribution in [1.29, 1.82) is 0 Å². The summed E-state index contributed by atoms with van der Waals surface area (Å²) in [5, 5.41) is 13.1. The first kappa shape index (κ1) is 17.3. The fraction of sp³-hybridized carbons (Fsp3) is 0.533. The second kappa shape index (κ2) is 8.55. The molecule has 0 aliphatic heterocycles. The van der Waals surface area contributed by atoms with Crippen LogP contribution in [0.15, 0.2) is 29.2 Å². The minimum atomic E-state index is -0.194. The molecule has 20 heavy (non-hydrogen) atoms. The number of carbonyl (C=O) groups is 1. The van der Waals surface area contributed by atoms with Crippen molar-refractivity contribution in [2.24, 2.45) is 5.41 Å². The van der Waals surface area contributed by atoms with Crippen LogP contribution in [0.5, 0.6) is 0 Å². The zero-order valence-electron chi connectivity index (χ0n) is 12.0. The Bertz CT molecular complexity index is 410. The minimum Gasteiger partial charge on any atom is -0.396 e. The molecule has 0 saturated heterocycles. The van der Waals surface area contributed by atoms with Crippen LogP contribution < -0.4 is 5.32 Å². The van der Waals surface area contributed by atoms with E-state index >= 15 is 0 Å². The lowest BCUT2D eigenvalue weighted by molar-refractivity contribution is -0.119. The van der Waals surface area contributed by atoms with Gasteiger partial charge in [0.15, 0.2) is 0 Å². The summed E-state index contributed by atoms with van der Waals surface area (Å²) in [6, 6.07) is 7.42. The second-order valence-electron chi connectivity index (χ2n) is 4.88. The smallest absolute Gasteiger partial charge is 0.230 e. The average molecular weight is 316 g/mol. The van der Waals surface area contributed by atoms with E-state index in [0.29, 0.717) is 17.3 Å². The van der Waals surface area contributed by atoms with E-state index in [1.807, 2.05) is 38.1 Å². The normalized spacial score (nSPS) is 11.4. The maximum absolute atomic E-state index is 11.8. The lowest BCUT2D eigenvalue weighted by atomic mass is 9.83. The summed E-state index contributed by atoms with van der Waals surface area (Å²) in [5.74, 6) is 0.362. The van der Waals surface area contributed by atoms with Crippen LogP contribution in [0.2, 0.25) is 5.02 Å². The SMILES string of the molecule is CCC(CC)(CO)CNC(=O)CSc1ccc(Cl)cc1. The van der Waals surface area contributed by atoms with Crippen LogP contribution >= 0.6 is 23.4 Å². The number of nitrogens with one attached hydrogen (secondary N) is 1. The molecule has 3 nitrogen and oxygen atoms in total. The summed E-state index contributed by atoms with van der Waals surface area (Å²) in [6.07, 6.45) is 1.70. The maximum atomic E-state index is 11.8.